The van der Waals surface area contributed by atoms with E-state index in [1.165, 1.54) is 5.56 Å². The normalized spacial score (nSPS) is 13.7. The highest BCUT2D eigenvalue weighted by atomic mass is 16.5. The number of fused-ring (bicyclic) bond motifs is 1. The average molecular weight is 589 g/mol. The van der Waals surface area contributed by atoms with E-state index in [0.717, 1.165) is 71.2 Å². The third kappa shape index (κ3) is 6.44. The minimum Gasteiger partial charge on any atom is -0.494 e. The summed E-state index contributed by atoms with van der Waals surface area (Å²) in [6.07, 6.45) is 3.57. The Labute approximate surface area is 259 Å². The molecule has 1 saturated heterocycles. The third-order valence-electron chi connectivity index (χ3n) is 8.16. The van der Waals surface area contributed by atoms with Crippen LogP contribution >= 0.6 is 0 Å². The molecule has 1 aliphatic rings. The maximum atomic E-state index is 13.5. The molecule has 0 radical (unpaired) electrons. The predicted octanol–water partition coefficient (Wildman–Crippen LogP) is 6.55. The summed E-state index contributed by atoms with van der Waals surface area (Å²) in [5, 5.41) is 5.88. The number of hydrogen-bond donors (Lipinski definition) is 0. The fraction of sp³-hybridized carbons (Fsp3) is 0.333. The number of rotatable bonds is 9. The van der Waals surface area contributed by atoms with Gasteiger partial charge in [0, 0.05) is 38.2 Å². The summed E-state index contributed by atoms with van der Waals surface area (Å²) in [6.45, 7) is 9.72. The molecule has 226 valence electrons. The van der Waals surface area contributed by atoms with Crippen LogP contribution in [-0.4, -0.2) is 63.3 Å². The highest BCUT2D eigenvalue weighted by Gasteiger charge is 2.25. The van der Waals surface area contributed by atoms with Gasteiger partial charge in [0.15, 0.2) is 5.65 Å². The third-order valence-corrected chi connectivity index (χ3v) is 8.16. The van der Waals surface area contributed by atoms with Crippen molar-refractivity contribution >= 4 is 22.8 Å². The second-order valence-electron chi connectivity index (χ2n) is 11.5. The van der Waals surface area contributed by atoms with Crippen LogP contribution in [0.4, 0.5) is 5.82 Å². The first-order valence-corrected chi connectivity index (χ1v) is 15.6. The largest absolute Gasteiger partial charge is 0.494 e. The van der Waals surface area contributed by atoms with Crippen LogP contribution < -0.4 is 9.64 Å². The number of para-hydroxylation sites is 1. The standard InChI is InChI=1S/C36H40N6O2/c1-4-5-24-44-31-18-16-29(17-19-31)36(43)41-21-9-20-40(22-23-41)34-33-27(3)39-42(30-10-7-6-8-11-30)35(33)38-32(37-34)25-28-14-12-26(2)13-15-28/h6-8,10-19H,4-5,9,20-25H2,1-3H3. The number of carbonyl (C=O) groups is 1. The molecule has 1 fully saturated rings. The number of anilines is 1. The molecule has 3 heterocycles. The van der Waals surface area contributed by atoms with Crippen LogP contribution in [0.2, 0.25) is 0 Å². The summed E-state index contributed by atoms with van der Waals surface area (Å²) in [5.74, 6) is 2.50. The molecule has 0 atom stereocenters. The highest BCUT2D eigenvalue weighted by Crippen LogP contribution is 2.30. The molecule has 1 amide bonds. The van der Waals surface area contributed by atoms with E-state index in [2.05, 4.69) is 43.0 Å². The lowest BCUT2D eigenvalue weighted by Gasteiger charge is -2.24. The molecule has 44 heavy (non-hydrogen) atoms. The van der Waals surface area contributed by atoms with Gasteiger partial charge in [0.1, 0.15) is 17.4 Å². The van der Waals surface area contributed by atoms with Crippen LogP contribution in [0.3, 0.4) is 0 Å². The molecule has 0 aliphatic carbocycles. The quantitative estimate of drug-likeness (QED) is 0.182. The van der Waals surface area contributed by atoms with E-state index in [1.54, 1.807) is 0 Å². The molecule has 0 saturated carbocycles. The summed E-state index contributed by atoms with van der Waals surface area (Å²) >= 11 is 0. The lowest BCUT2D eigenvalue weighted by atomic mass is 10.1. The summed E-state index contributed by atoms with van der Waals surface area (Å²) < 4.78 is 7.71. The van der Waals surface area contributed by atoms with Gasteiger partial charge < -0.3 is 14.5 Å². The number of hydrogen-bond acceptors (Lipinski definition) is 6. The van der Waals surface area contributed by atoms with Crippen LogP contribution in [0, 0.1) is 13.8 Å². The van der Waals surface area contributed by atoms with E-state index < -0.39 is 0 Å². The fourth-order valence-corrected chi connectivity index (χ4v) is 5.69. The average Bonchev–Trinajstić information content (AvgIpc) is 3.21. The number of aryl methyl sites for hydroxylation is 2. The van der Waals surface area contributed by atoms with E-state index >= 15 is 0 Å². The van der Waals surface area contributed by atoms with Gasteiger partial charge in [-0.05, 0) is 68.7 Å². The molecule has 8 nitrogen and oxygen atoms in total. The maximum absolute atomic E-state index is 13.5. The van der Waals surface area contributed by atoms with Crippen molar-refractivity contribution in [2.75, 3.05) is 37.7 Å². The minimum atomic E-state index is 0.0490. The van der Waals surface area contributed by atoms with Gasteiger partial charge in [-0.25, -0.2) is 14.6 Å². The van der Waals surface area contributed by atoms with Crippen molar-refractivity contribution < 1.29 is 9.53 Å². The van der Waals surface area contributed by atoms with Crippen molar-refractivity contribution in [3.8, 4) is 11.4 Å². The molecule has 8 heteroatoms. The van der Waals surface area contributed by atoms with Crippen molar-refractivity contribution in [2.24, 2.45) is 0 Å². The van der Waals surface area contributed by atoms with Gasteiger partial charge in [0.05, 0.1) is 23.4 Å². The maximum Gasteiger partial charge on any atom is 0.253 e. The Hall–Kier alpha value is -4.72. The van der Waals surface area contributed by atoms with Gasteiger partial charge in [-0.2, -0.15) is 5.10 Å². The summed E-state index contributed by atoms with van der Waals surface area (Å²) in [4.78, 5) is 28.0. The smallest absolute Gasteiger partial charge is 0.253 e. The van der Waals surface area contributed by atoms with E-state index in [-0.39, 0.29) is 5.91 Å². The second-order valence-corrected chi connectivity index (χ2v) is 11.5. The molecule has 0 N–H and O–H groups in total. The second kappa shape index (κ2) is 13.3. The van der Waals surface area contributed by atoms with Crippen LogP contribution in [0.15, 0.2) is 78.9 Å². The Morgan fingerprint density at radius 1 is 0.864 bits per heavy atom. The van der Waals surface area contributed by atoms with Gasteiger partial charge in [-0.3, -0.25) is 4.79 Å². The summed E-state index contributed by atoms with van der Waals surface area (Å²) in [6, 6.07) is 26.2. The molecular formula is C36H40N6O2. The molecule has 5 aromatic rings. The molecule has 1 aliphatic heterocycles. The van der Waals surface area contributed by atoms with Gasteiger partial charge in [0.2, 0.25) is 0 Å². The Balaban J connectivity index is 1.28. The SMILES string of the molecule is CCCCOc1ccc(C(=O)N2CCCN(c3nc(Cc4ccc(C)cc4)nc4c3c(C)nn4-c3ccccc3)CC2)cc1. The Kier molecular flexibility index (Phi) is 8.86. The fourth-order valence-electron chi connectivity index (χ4n) is 5.69. The van der Waals surface area contributed by atoms with Crippen LogP contribution in [0.5, 0.6) is 5.75 Å². The van der Waals surface area contributed by atoms with Crippen molar-refractivity contribution in [1.82, 2.24) is 24.6 Å². The number of aromatic nitrogens is 4. The van der Waals surface area contributed by atoms with Gasteiger partial charge in [-0.1, -0.05) is 61.4 Å². The van der Waals surface area contributed by atoms with E-state index in [0.29, 0.717) is 38.2 Å². The molecule has 2 aromatic heterocycles. The Bertz CT molecular complexity index is 1710. The van der Waals surface area contributed by atoms with Crippen molar-refractivity contribution in [2.45, 2.75) is 46.5 Å². The number of amides is 1. The monoisotopic (exact) mass is 588 g/mol. The van der Waals surface area contributed by atoms with E-state index in [9.17, 15) is 4.79 Å². The zero-order chi connectivity index (χ0) is 30.5. The minimum absolute atomic E-state index is 0.0490. The van der Waals surface area contributed by atoms with Gasteiger partial charge in [-0.15, -0.1) is 0 Å². The topological polar surface area (TPSA) is 76.4 Å². The molecule has 3 aromatic carbocycles. The summed E-state index contributed by atoms with van der Waals surface area (Å²) in [5.41, 5.74) is 5.73. The van der Waals surface area contributed by atoms with Crippen molar-refractivity contribution in [1.29, 1.82) is 0 Å². The number of nitrogens with zero attached hydrogens (tertiary/aromatic N) is 6. The lowest BCUT2D eigenvalue weighted by Crippen LogP contribution is -2.35. The van der Waals surface area contributed by atoms with Crippen molar-refractivity contribution in [3.63, 3.8) is 0 Å². The van der Waals surface area contributed by atoms with Crippen LogP contribution in [-0.2, 0) is 6.42 Å². The van der Waals surface area contributed by atoms with Gasteiger partial charge >= 0.3 is 0 Å². The highest BCUT2D eigenvalue weighted by molar-refractivity contribution is 5.94. The molecule has 0 unspecified atom stereocenters. The summed E-state index contributed by atoms with van der Waals surface area (Å²) in [7, 11) is 0. The van der Waals surface area contributed by atoms with Gasteiger partial charge in [0.25, 0.3) is 5.91 Å². The first kappa shape index (κ1) is 29.4. The molecule has 6 rings (SSSR count). The Morgan fingerprint density at radius 3 is 2.39 bits per heavy atom. The number of unbranched alkanes of at least 4 members (excludes halogenated alkanes) is 1. The van der Waals surface area contributed by atoms with E-state index in [1.807, 2.05) is 71.1 Å². The number of benzene rings is 3. The van der Waals surface area contributed by atoms with Crippen molar-refractivity contribution in [3.05, 3.63) is 107 Å². The lowest BCUT2D eigenvalue weighted by molar-refractivity contribution is 0.0767. The Morgan fingerprint density at radius 2 is 1.64 bits per heavy atom. The molecular weight excluding hydrogens is 548 g/mol. The molecule has 0 bridgehead atoms. The zero-order valence-electron chi connectivity index (χ0n) is 25.9. The number of carbonyl (C=O) groups excluding carboxylic acids is 1. The zero-order valence-corrected chi connectivity index (χ0v) is 25.9. The van der Waals surface area contributed by atoms with Crippen LogP contribution in [0.1, 0.15) is 59.2 Å². The predicted molar refractivity (Wildman–Crippen MR) is 175 cm³/mol. The number of ether oxygens (including phenoxy) is 1. The van der Waals surface area contributed by atoms with E-state index in [4.69, 9.17) is 19.8 Å². The first-order chi connectivity index (χ1) is 21.5. The molecule has 0 spiro atoms. The first-order valence-electron chi connectivity index (χ1n) is 15.6. The van der Waals surface area contributed by atoms with Crippen LogP contribution in [0.25, 0.3) is 16.7 Å².